The number of hydrogen-bond donors (Lipinski definition) is 3. The summed E-state index contributed by atoms with van der Waals surface area (Å²) < 4.78 is 4.93. The minimum absolute atomic E-state index is 0.430. The summed E-state index contributed by atoms with van der Waals surface area (Å²) in [5.41, 5.74) is 8.89. The Balaban J connectivity index is 2.04. The molecular formula is C13H10ClN3O2. The van der Waals surface area contributed by atoms with E-state index in [-0.39, 0.29) is 0 Å². The monoisotopic (exact) mass is 275 g/mol. The first kappa shape index (κ1) is 11.7. The first-order chi connectivity index (χ1) is 9.11. The minimum Gasteiger partial charge on any atom is -0.408 e. The van der Waals surface area contributed by atoms with E-state index in [0.29, 0.717) is 27.5 Å². The molecule has 6 heteroatoms. The van der Waals surface area contributed by atoms with E-state index in [1.807, 2.05) is 12.1 Å². The quantitative estimate of drug-likeness (QED) is 0.628. The lowest BCUT2D eigenvalue weighted by atomic mass is 10.2. The van der Waals surface area contributed by atoms with E-state index in [2.05, 4.69) is 10.3 Å². The second-order valence-electron chi connectivity index (χ2n) is 4.09. The van der Waals surface area contributed by atoms with Crippen LogP contribution in [0.25, 0.3) is 11.1 Å². The van der Waals surface area contributed by atoms with Crippen LogP contribution < -0.4 is 16.8 Å². The molecular weight excluding hydrogens is 266 g/mol. The summed E-state index contributed by atoms with van der Waals surface area (Å²) in [6.07, 6.45) is 0. The average molecular weight is 276 g/mol. The molecule has 19 heavy (non-hydrogen) atoms. The Bertz CT molecular complexity index is 807. The third-order valence-corrected chi connectivity index (χ3v) is 2.93. The number of fused-ring (bicyclic) bond motifs is 1. The molecule has 0 unspecified atom stereocenters. The van der Waals surface area contributed by atoms with Gasteiger partial charge in [0.2, 0.25) is 0 Å². The average Bonchev–Trinajstić information content (AvgIpc) is 2.69. The molecule has 4 N–H and O–H groups in total. The van der Waals surface area contributed by atoms with E-state index in [0.717, 1.165) is 5.69 Å². The minimum atomic E-state index is -0.505. The van der Waals surface area contributed by atoms with Gasteiger partial charge in [0.1, 0.15) is 0 Å². The second-order valence-corrected chi connectivity index (χ2v) is 4.52. The number of oxazole rings is 1. The highest BCUT2D eigenvalue weighted by molar-refractivity contribution is 6.30. The van der Waals surface area contributed by atoms with E-state index in [1.165, 1.54) is 0 Å². The summed E-state index contributed by atoms with van der Waals surface area (Å²) in [6.45, 7) is 0. The Morgan fingerprint density at radius 2 is 2.11 bits per heavy atom. The predicted octanol–water partition coefficient (Wildman–Crippen LogP) is 3.10. The number of benzene rings is 2. The highest BCUT2D eigenvalue weighted by Crippen LogP contribution is 2.28. The van der Waals surface area contributed by atoms with Gasteiger partial charge in [0.15, 0.2) is 5.58 Å². The van der Waals surface area contributed by atoms with Gasteiger partial charge < -0.3 is 15.5 Å². The van der Waals surface area contributed by atoms with Crippen LogP contribution >= 0.6 is 11.6 Å². The summed E-state index contributed by atoms with van der Waals surface area (Å²) >= 11 is 5.92. The Kier molecular flexibility index (Phi) is 2.68. The van der Waals surface area contributed by atoms with Gasteiger partial charge in [-0.05, 0) is 24.3 Å². The van der Waals surface area contributed by atoms with Crippen LogP contribution in [-0.4, -0.2) is 4.98 Å². The van der Waals surface area contributed by atoms with Gasteiger partial charge in [-0.15, -0.1) is 0 Å². The highest BCUT2D eigenvalue weighted by atomic mass is 35.5. The van der Waals surface area contributed by atoms with Crippen molar-refractivity contribution in [1.29, 1.82) is 0 Å². The molecule has 0 fully saturated rings. The predicted molar refractivity (Wildman–Crippen MR) is 76.0 cm³/mol. The standard InChI is InChI=1S/C13H10ClN3O2/c14-7-2-1-3-8(4-7)16-10-6-11-12(5-9(10)15)19-13(18)17-11/h1-6,16H,15H2,(H,17,18). The molecule has 0 spiro atoms. The van der Waals surface area contributed by atoms with E-state index < -0.39 is 5.76 Å². The first-order valence-electron chi connectivity index (χ1n) is 5.57. The molecule has 3 rings (SSSR count). The van der Waals surface area contributed by atoms with Crippen molar-refractivity contribution >= 4 is 39.8 Å². The van der Waals surface area contributed by atoms with Crippen LogP contribution in [0.1, 0.15) is 0 Å². The van der Waals surface area contributed by atoms with Crippen molar-refractivity contribution in [3.8, 4) is 0 Å². The zero-order valence-corrected chi connectivity index (χ0v) is 10.5. The van der Waals surface area contributed by atoms with Gasteiger partial charge in [0.25, 0.3) is 0 Å². The number of anilines is 3. The Morgan fingerprint density at radius 3 is 2.89 bits per heavy atom. The first-order valence-corrected chi connectivity index (χ1v) is 5.94. The van der Waals surface area contributed by atoms with Crippen molar-refractivity contribution in [3.05, 3.63) is 52.0 Å². The van der Waals surface area contributed by atoms with Crippen LogP contribution in [0.2, 0.25) is 5.02 Å². The van der Waals surface area contributed by atoms with Gasteiger partial charge in [-0.1, -0.05) is 17.7 Å². The number of rotatable bonds is 2. The summed E-state index contributed by atoms with van der Waals surface area (Å²) in [6, 6.07) is 10.6. The molecule has 0 saturated carbocycles. The number of nitrogen functional groups attached to an aromatic ring is 1. The maximum absolute atomic E-state index is 11.1. The molecule has 0 aliphatic rings. The zero-order valence-electron chi connectivity index (χ0n) is 9.74. The molecule has 0 amide bonds. The van der Waals surface area contributed by atoms with Crippen LogP contribution in [0.5, 0.6) is 0 Å². The third-order valence-electron chi connectivity index (χ3n) is 2.69. The zero-order chi connectivity index (χ0) is 13.4. The van der Waals surface area contributed by atoms with Crippen LogP contribution in [0.15, 0.2) is 45.6 Å². The van der Waals surface area contributed by atoms with Crippen molar-refractivity contribution in [3.63, 3.8) is 0 Å². The Labute approximate surface area is 113 Å². The maximum Gasteiger partial charge on any atom is 0.417 e. The molecule has 2 aromatic carbocycles. The molecule has 0 saturated heterocycles. The fourth-order valence-electron chi connectivity index (χ4n) is 1.84. The number of halogens is 1. The van der Waals surface area contributed by atoms with Gasteiger partial charge in [-0.2, -0.15) is 0 Å². The normalized spacial score (nSPS) is 10.8. The van der Waals surface area contributed by atoms with Gasteiger partial charge in [0, 0.05) is 16.8 Å². The summed E-state index contributed by atoms with van der Waals surface area (Å²) in [5.74, 6) is -0.505. The van der Waals surface area contributed by atoms with Gasteiger partial charge >= 0.3 is 5.76 Å². The SMILES string of the molecule is Nc1cc2oc(=O)[nH]c2cc1Nc1cccc(Cl)c1. The van der Waals surface area contributed by atoms with Crippen molar-refractivity contribution in [2.75, 3.05) is 11.1 Å². The van der Waals surface area contributed by atoms with Gasteiger partial charge in [-0.3, -0.25) is 4.98 Å². The molecule has 0 aliphatic heterocycles. The number of aromatic amines is 1. The number of aromatic nitrogens is 1. The summed E-state index contributed by atoms with van der Waals surface area (Å²) in [5, 5.41) is 3.77. The van der Waals surface area contributed by atoms with E-state index >= 15 is 0 Å². The van der Waals surface area contributed by atoms with Crippen molar-refractivity contribution < 1.29 is 4.42 Å². The lowest BCUT2D eigenvalue weighted by Gasteiger charge is -2.09. The highest BCUT2D eigenvalue weighted by Gasteiger charge is 2.07. The molecule has 96 valence electrons. The molecule has 1 heterocycles. The molecule has 0 bridgehead atoms. The smallest absolute Gasteiger partial charge is 0.408 e. The fraction of sp³-hybridized carbons (Fsp3) is 0. The van der Waals surface area contributed by atoms with Crippen LogP contribution in [0.3, 0.4) is 0 Å². The van der Waals surface area contributed by atoms with Crippen LogP contribution in [0.4, 0.5) is 17.1 Å². The van der Waals surface area contributed by atoms with E-state index in [1.54, 1.807) is 24.3 Å². The number of nitrogens with one attached hydrogen (secondary N) is 2. The summed E-state index contributed by atoms with van der Waals surface area (Å²) in [4.78, 5) is 13.7. The molecule has 0 radical (unpaired) electrons. The molecule has 5 nitrogen and oxygen atoms in total. The fourth-order valence-corrected chi connectivity index (χ4v) is 2.03. The molecule has 1 aromatic heterocycles. The lowest BCUT2D eigenvalue weighted by Crippen LogP contribution is -1.96. The van der Waals surface area contributed by atoms with Crippen molar-refractivity contribution in [2.24, 2.45) is 0 Å². The Morgan fingerprint density at radius 1 is 1.26 bits per heavy atom. The number of H-pyrrole nitrogens is 1. The summed E-state index contributed by atoms with van der Waals surface area (Å²) in [7, 11) is 0. The van der Waals surface area contributed by atoms with E-state index in [9.17, 15) is 4.79 Å². The maximum atomic E-state index is 11.1. The molecule has 3 aromatic rings. The largest absolute Gasteiger partial charge is 0.417 e. The topological polar surface area (TPSA) is 84.0 Å². The Hall–Kier alpha value is -2.40. The lowest BCUT2D eigenvalue weighted by molar-refractivity contribution is 0.555. The van der Waals surface area contributed by atoms with Gasteiger partial charge in [-0.25, -0.2) is 4.79 Å². The number of nitrogens with two attached hydrogens (primary N) is 1. The third kappa shape index (κ3) is 2.28. The molecule has 0 atom stereocenters. The van der Waals surface area contributed by atoms with Gasteiger partial charge in [0.05, 0.1) is 16.9 Å². The van der Waals surface area contributed by atoms with Crippen LogP contribution in [-0.2, 0) is 0 Å². The van der Waals surface area contributed by atoms with Crippen molar-refractivity contribution in [1.82, 2.24) is 4.98 Å². The number of hydrogen-bond acceptors (Lipinski definition) is 4. The molecule has 0 aliphatic carbocycles. The van der Waals surface area contributed by atoms with Crippen molar-refractivity contribution in [2.45, 2.75) is 0 Å². The van der Waals surface area contributed by atoms with Crippen LogP contribution in [0, 0.1) is 0 Å². The second kappa shape index (κ2) is 4.37. The van der Waals surface area contributed by atoms with E-state index in [4.69, 9.17) is 21.8 Å².